The minimum Gasteiger partial charge on any atom is -0.469 e. The molecule has 1 amide bonds. The molecule has 37 heavy (non-hydrogen) atoms. The Labute approximate surface area is 219 Å². The Morgan fingerprint density at radius 3 is 2.43 bits per heavy atom. The number of carbonyl (C=O) groups excluding carboxylic acids is 2. The Bertz CT molecular complexity index is 1480. The van der Waals surface area contributed by atoms with Crippen LogP contribution < -0.4 is 16.6 Å². The molecule has 0 saturated heterocycles. The fourth-order valence-electron chi connectivity index (χ4n) is 3.57. The molecule has 0 aliphatic heterocycles. The molecule has 0 bridgehead atoms. The van der Waals surface area contributed by atoms with E-state index in [-0.39, 0.29) is 42.1 Å². The number of ether oxygens (including phenoxy) is 1. The number of amides is 1. The average Bonchev–Trinajstić information content (AvgIpc) is 2.90. The minimum atomic E-state index is -0.693. The molecule has 0 aliphatic carbocycles. The lowest BCUT2D eigenvalue weighted by atomic mass is 10.1. The van der Waals surface area contributed by atoms with Crippen molar-refractivity contribution in [2.75, 3.05) is 12.4 Å². The zero-order valence-corrected chi connectivity index (χ0v) is 21.7. The van der Waals surface area contributed by atoms with Gasteiger partial charge in [-0.25, -0.2) is 4.79 Å². The fraction of sp³-hybridized carbons (Fsp3) is 0.286. The first-order valence-electron chi connectivity index (χ1n) is 11.7. The van der Waals surface area contributed by atoms with E-state index in [2.05, 4.69) is 21.9 Å². The van der Waals surface area contributed by atoms with Gasteiger partial charge in [0.25, 0.3) is 5.56 Å². The lowest BCUT2D eigenvalue weighted by Gasteiger charge is -2.13. The molecular weight excluding hydrogens is 494 g/mol. The maximum absolute atomic E-state index is 12.7. The highest BCUT2D eigenvalue weighted by atomic mass is 35.5. The first-order valence-corrected chi connectivity index (χ1v) is 12.1. The maximum Gasteiger partial charge on any atom is 0.332 e. The molecule has 0 spiro atoms. The van der Waals surface area contributed by atoms with Crippen molar-refractivity contribution in [1.29, 1.82) is 0 Å². The molecule has 0 saturated carbocycles. The third-order valence-corrected chi connectivity index (χ3v) is 6.14. The number of aryl methyl sites for hydroxylation is 3. The molecule has 9 heteroatoms. The zero-order chi connectivity index (χ0) is 26.9. The molecule has 1 aromatic heterocycles. The van der Waals surface area contributed by atoms with Crippen LogP contribution in [-0.4, -0.2) is 28.1 Å². The lowest BCUT2D eigenvalue weighted by Crippen LogP contribution is -2.40. The van der Waals surface area contributed by atoms with Gasteiger partial charge in [0.15, 0.2) is 0 Å². The summed E-state index contributed by atoms with van der Waals surface area (Å²) in [6.07, 6.45) is 1.42. The van der Waals surface area contributed by atoms with Gasteiger partial charge < -0.3 is 10.1 Å². The molecule has 3 aromatic rings. The summed E-state index contributed by atoms with van der Waals surface area (Å²) >= 11 is 6.38. The SMILES string of the molecule is COC(=O)CCc1cccc(C#CCn2c(Cl)c(NC(=O)CCc3ccc(C)cc3)c(=O)n(C)c2=O)c1. The van der Waals surface area contributed by atoms with Gasteiger partial charge in [0.05, 0.1) is 13.7 Å². The number of anilines is 1. The smallest absolute Gasteiger partial charge is 0.332 e. The van der Waals surface area contributed by atoms with Crippen molar-refractivity contribution in [1.82, 2.24) is 9.13 Å². The average molecular weight is 522 g/mol. The van der Waals surface area contributed by atoms with E-state index < -0.39 is 11.2 Å². The van der Waals surface area contributed by atoms with Crippen molar-refractivity contribution < 1.29 is 14.3 Å². The quantitative estimate of drug-likeness (QED) is 0.279. The first kappa shape index (κ1) is 27.5. The zero-order valence-electron chi connectivity index (χ0n) is 21.0. The molecule has 0 radical (unpaired) electrons. The van der Waals surface area contributed by atoms with E-state index in [1.54, 1.807) is 6.07 Å². The van der Waals surface area contributed by atoms with Crippen molar-refractivity contribution in [3.05, 3.63) is 96.8 Å². The highest BCUT2D eigenvalue weighted by Crippen LogP contribution is 2.16. The fourth-order valence-corrected chi connectivity index (χ4v) is 3.83. The summed E-state index contributed by atoms with van der Waals surface area (Å²) in [5.74, 6) is 5.17. The van der Waals surface area contributed by atoms with Crippen LogP contribution in [0.25, 0.3) is 0 Å². The van der Waals surface area contributed by atoms with E-state index >= 15 is 0 Å². The Kier molecular flexibility index (Phi) is 9.47. The normalized spacial score (nSPS) is 10.4. The summed E-state index contributed by atoms with van der Waals surface area (Å²) in [4.78, 5) is 49.3. The van der Waals surface area contributed by atoms with Gasteiger partial charge in [-0.15, -0.1) is 0 Å². The van der Waals surface area contributed by atoms with Crippen LogP contribution in [-0.2, 0) is 40.8 Å². The summed E-state index contributed by atoms with van der Waals surface area (Å²) in [5.41, 5.74) is 2.24. The van der Waals surface area contributed by atoms with Gasteiger partial charge in [0.1, 0.15) is 10.8 Å². The van der Waals surface area contributed by atoms with Crippen LogP contribution in [0.15, 0.2) is 58.1 Å². The van der Waals surface area contributed by atoms with Crippen LogP contribution in [0, 0.1) is 18.8 Å². The summed E-state index contributed by atoms with van der Waals surface area (Å²) in [7, 11) is 2.66. The van der Waals surface area contributed by atoms with Crippen molar-refractivity contribution in [2.24, 2.45) is 7.05 Å². The maximum atomic E-state index is 12.7. The van der Waals surface area contributed by atoms with E-state index in [0.717, 1.165) is 25.8 Å². The van der Waals surface area contributed by atoms with Crippen molar-refractivity contribution >= 4 is 29.2 Å². The van der Waals surface area contributed by atoms with Crippen molar-refractivity contribution in [3.63, 3.8) is 0 Å². The number of hydrogen-bond acceptors (Lipinski definition) is 5. The Morgan fingerprint density at radius 2 is 1.73 bits per heavy atom. The van der Waals surface area contributed by atoms with E-state index in [4.69, 9.17) is 11.6 Å². The molecule has 0 unspecified atom stereocenters. The number of hydrogen-bond donors (Lipinski definition) is 1. The van der Waals surface area contributed by atoms with Gasteiger partial charge >= 0.3 is 11.7 Å². The van der Waals surface area contributed by atoms with E-state index in [9.17, 15) is 19.2 Å². The van der Waals surface area contributed by atoms with Crippen LogP contribution in [0.2, 0.25) is 5.15 Å². The second-order valence-electron chi connectivity index (χ2n) is 8.51. The van der Waals surface area contributed by atoms with E-state index in [1.807, 2.05) is 49.4 Å². The van der Waals surface area contributed by atoms with Crippen LogP contribution in [0.5, 0.6) is 0 Å². The van der Waals surface area contributed by atoms with Gasteiger partial charge in [0, 0.05) is 25.5 Å². The van der Waals surface area contributed by atoms with Gasteiger partial charge in [-0.2, -0.15) is 0 Å². The van der Waals surface area contributed by atoms with Crippen LogP contribution >= 0.6 is 11.6 Å². The summed E-state index contributed by atoms with van der Waals surface area (Å²) in [5, 5.41) is 2.38. The molecule has 0 aliphatic rings. The second kappa shape index (κ2) is 12.7. The molecule has 0 atom stereocenters. The van der Waals surface area contributed by atoms with Crippen molar-refractivity contribution in [2.45, 2.75) is 39.2 Å². The number of nitrogens with zero attached hydrogens (tertiary/aromatic N) is 2. The van der Waals surface area contributed by atoms with Gasteiger partial charge in [-0.05, 0) is 43.0 Å². The van der Waals surface area contributed by atoms with Crippen LogP contribution in [0.4, 0.5) is 5.69 Å². The molecule has 1 heterocycles. The van der Waals surface area contributed by atoms with Gasteiger partial charge in [-0.3, -0.25) is 23.5 Å². The number of benzene rings is 2. The van der Waals surface area contributed by atoms with E-state index in [1.165, 1.54) is 14.2 Å². The standard InChI is InChI=1S/C28H28ClN3O5/c1-19-9-11-20(12-10-19)13-15-23(33)30-25-26(29)32(28(36)31(2)27(25)35)17-5-8-21-6-4-7-22(18-21)14-16-24(34)37-3/h4,6-7,9-12,18H,13-17H2,1-3H3,(H,30,33). The molecule has 0 fully saturated rings. The largest absolute Gasteiger partial charge is 0.469 e. The topological polar surface area (TPSA) is 99.4 Å². The van der Waals surface area contributed by atoms with Crippen molar-refractivity contribution in [3.8, 4) is 11.8 Å². The van der Waals surface area contributed by atoms with Crippen LogP contribution in [0.3, 0.4) is 0 Å². The predicted octanol–water partition coefficient (Wildman–Crippen LogP) is 3.24. The lowest BCUT2D eigenvalue weighted by molar-refractivity contribution is -0.140. The molecule has 3 rings (SSSR count). The minimum absolute atomic E-state index is 0.0928. The van der Waals surface area contributed by atoms with Gasteiger partial charge in [-0.1, -0.05) is 65.4 Å². The second-order valence-corrected chi connectivity index (χ2v) is 8.87. The number of rotatable bonds is 8. The Balaban J connectivity index is 1.75. The van der Waals surface area contributed by atoms with Gasteiger partial charge in [0.2, 0.25) is 5.91 Å². The number of nitrogens with one attached hydrogen (secondary N) is 1. The third-order valence-electron chi connectivity index (χ3n) is 5.75. The molecule has 8 nitrogen and oxygen atoms in total. The number of carbonyl (C=O) groups is 2. The number of methoxy groups -OCH3 is 1. The Morgan fingerprint density at radius 1 is 1.03 bits per heavy atom. The highest BCUT2D eigenvalue weighted by Gasteiger charge is 2.17. The number of halogens is 1. The van der Waals surface area contributed by atoms with Crippen LogP contribution in [0.1, 0.15) is 35.1 Å². The predicted molar refractivity (Wildman–Crippen MR) is 143 cm³/mol. The summed E-state index contributed by atoms with van der Waals surface area (Å²) in [6.45, 7) is 1.89. The highest BCUT2D eigenvalue weighted by molar-refractivity contribution is 6.32. The van der Waals surface area contributed by atoms with E-state index in [0.29, 0.717) is 18.4 Å². The molecule has 1 N–H and O–H groups in total. The monoisotopic (exact) mass is 521 g/mol. The Hall–Kier alpha value is -4.09. The summed E-state index contributed by atoms with van der Waals surface area (Å²) in [6, 6.07) is 15.2. The number of aromatic nitrogens is 2. The summed E-state index contributed by atoms with van der Waals surface area (Å²) < 4.78 is 6.68. The molecular formula is C28H28ClN3O5. The number of esters is 1. The molecule has 192 valence electrons. The third kappa shape index (κ3) is 7.45. The first-order chi connectivity index (χ1) is 17.7. The molecule has 2 aromatic carbocycles.